The van der Waals surface area contributed by atoms with Crippen LogP contribution in [0.2, 0.25) is 0 Å². The van der Waals surface area contributed by atoms with Crippen LogP contribution in [0.4, 0.5) is 0 Å². The topological polar surface area (TPSA) is 57.7 Å². The average molecular weight is 318 g/mol. The number of nitrogens with one attached hydrogen (secondary N) is 1. The van der Waals surface area contributed by atoms with Crippen LogP contribution in [-0.2, 0) is 16.1 Å². The third-order valence-electron chi connectivity index (χ3n) is 4.89. The normalized spacial score (nSPS) is 25.7. The van der Waals surface area contributed by atoms with Crippen LogP contribution in [0.3, 0.4) is 0 Å². The number of methoxy groups -OCH3 is 1. The van der Waals surface area contributed by atoms with Crippen molar-refractivity contribution in [1.29, 1.82) is 0 Å². The third kappa shape index (κ3) is 3.71. The summed E-state index contributed by atoms with van der Waals surface area (Å²) in [6.45, 7) is 6.37. The predicted octanol–water partition coefficient (Wildman–Crippen LogP) is 0.352. The molecule has 1 aromatic heterocycles. The van der Waals surface area contributed by atoms with Gasteiger partial charge < -0.3 is 15.0 Å². The van der Waals surface area contributed by atoms with Crippen LogP contribution in [0, 0.1) is 5.41 Å². The van der Waals surface area contributed by atoms with Crippen molar-refractivity contribution >= 4 is 5.91 Å². The van der Waals surface area contributed by atoms with E-state index in [1.54, 1.807) is 7.11 Å². The van der Waals surface area contributed by atoms with Gasteiger partial charge in [-0.05, 0) is 25.1 Å². The minimum atomic E-state index is -0.363. The molecule has 3 heterocycles. The van der Waals surface area contributed by atoms with Gasteiger partial charge in [-0.3, -0.25) is 14.7 Å². The zero-order valence-corrected chi connectivity index (χ0v) is 13.8. The van der Waals surface area contributed by atoms with Crippen LogP contribution in [0.1, 0.15) is 12.1 Å². The van der Waals surface area contributed by atoms with Gasteiger partial charge in [-0.2, -0.15) is 0 Å². The fourth-order valence-electron chi connectivity index (χ4n) is 3.55. The van der Waals surface area contributed by atoms with Crippen molar-refractivity contribution in [2.75, 3.05) is 53.0 Å². The first-order valence-corrected chi connectivity index (χ1v) is 8.35. The molecule has 6 nitrogen and oxygen atoms in total. The largest absolute Gasteiger partial charge is 0.384 e. The van der Waals surface area contributed by atoms with E-state index >= 15 is 0 Å². The third-order valence-corrected chi connectivity index (χ3v) is 4.89. The molecule has 2 fully saturated rings. The number of carbonyl (C=O) groups excluding carboxylic acids is 1. The van der Waals surface area contributed by atoms with E-state index < -0.39 is 0 Å². The molecular formula is C17H26N4O2. The van der Waals surface area contributed by atoms with Crippen LogP contribution < -0.4 is 5.32 Å². The highest BCUT2D eigenvalue weighted by Crippen LogP contribution is 2.29. The van der Waals surface area contributed by atoms with Gasteiger partial charge in [0.2, 0.25) is 5.91 Å². The van der Waals surface area contributed by atoms with Gasteiger partial charge in [0, 0.05) is 52.6 Å². The fourth-order valence-corrected chi connectivity index (χ4v) is 3.55. The molecule has 0 aromatic carbocycles. The molecule has 6 heteroatoms. The number of ether oxygens (including phenoxy) is 1. The lowest BCUT2D eigenvalue weighted by Crippen LogP contribution is -2.54. The lowest BCUT2D eigenvalue weighted by molar-refractivity contribution is -0.146. The molecule has 126 valence electrons. The Kier molecular flexibility index (Phi) is 5.25. The van der Waals surface area contributed by atoms with Crippen molar-refractivity contribution in [3.63, 3.8) is 0 Å². The van der Waals surface area contributed by atoms with Crippen LogP contribution in [-0.4, -0.2) is 73.7 Å². The van der Waals surface area contributed by atoms with E-state index in [0.717, 1.165) is 57.9 Å². The number of hydrogen-bond acceptors (Lipinski definition) is 5. The van der Waals surface area contributed by atoms with Crippen molar-refractivity contribution in [1.82, 2.24) is 20.1 Å². The molecule has 3 rings (SSSR count). The Labute approximate surface area is 137 Å². The first kappa shape index (κ1) is 16.4. The molecule has 2 aliphatic rings. The number of carbonyl (C=O) groups is 1. The molecule has 0 saturated carbocycles. The van der Waals surface area contributed by atoms with E-state index in [2.05, 4.69) is 21.3 Å². The van der Waals surface area contributed by atoms with E-state index in [1.165, 1.54) is 0 Å². The minimum Gasteiger partial charge on any atom is -0.384 e. The summed E-state index contributed by atoms with van der Waals surface area (Å²) in [5, 5.41) is 3.31. The van der Waals surface area contributed by atoms with Crippen LogP contribution >= 0.6 is 0 Å². The second kappa shape index (κ2) is 7.38. The van der Waals surface area contributed by atoms with Gasteiger partial charge in [0.1, 0.15) is 0 Å². The summed E-state index contributed by atoms with van der Waals surface area (Å²) in [5.74, 6) is 0.252. The van der Waals surface area contributed by atoms with Crippen LogP contribution in [0.25, 0.3) is 0 Å². The number of piperazine rings is 1. The van der Waals surface area contributed by atoms with Gasteiger partial charge in [0.05, 0.1) is 17.7 Å². The zero-order chi connectivity index (χ0) is 16.1. The van der Waals surface area contributed by atoms with Gasteiger partial charge in [-0.1, -0.05) is 6.07 Å². The van der Waals surface area contributed by atoms with E-state index in [9.17, 15) is 4.79 Å². The Morgan fingerprint density at radius 1 is 1.35 bits per heavy atom. The second-order valence-corrected chi connectivity index (χ2v) is 6.53. The molecule has 0 aliphatic carbocycles. The number of amides is 1. The van der Waals surface area contributed by atoms with E-state index in [0.29, 0.717) is 6.61 Å². The number of pyridine rings is 1. The lowest BCUT2D eigenvalue weighted by Gasteiger charge is -2.39. The first-order valence-electron chi connectivity index (χ1n) is 8.35. The van der Waals surface area contributed by atoms with Crippen molar-refractivity contribution in [2.24, 2.45) is 5.41 Å². The maximum Gasteiger partial charge on any atom is 0.232 e. The summed E-state index contributed by atoms with van der Waals surface area (Å²) in [5.41, 5.74) is 0.723. The highest BCUT2D eigenvalue weighted by molar-refractivity contribution is 5.83. The molecule has 1 N–H and O–H groups in total. The molecule has 2 saturated heterocycles. The van der Waals surface area contributed by atoms with Crippen molar-refractivity contribution in [2.45, 2.75) is 13.0 Å². The maximum atomic E-state index is 13.0. The molecule has 23 heavy (non-hydrogen) atoms. The number of nitrogens with zero attached hydrogens (tertiary/aromatic N) is 3. The van der Waals surface area contributed by atoms with Crippen LogP contribution in [0.5, 0.6) is 0 Å². The number of rotatable bonds is 5. The first-order chi connectivity index (χ1) is 11.2. The Hall–Kier alpha value is -1.50. The summed E-state index contributed by atoms with van der Waals surface area (Å²) in [6.07, 6.45) is 2.70. The molecule has 2 aliphatic heterocycles. The predicted molar refractivity (Wildman–Crippen MR) is 87.9 cm³/mol. The standard InChI is InChI=1S/C17H26N4O2/c1-23-14-17(5-7-18-13-17)16(22)21-10-8-20(9-11-21)12-15-4-2-3-6-19-15/h2-4,6,18H,5,7-14H2,1H3. The maximum absolute atomic E-state index is 13.0. The molecule has 1 aromatic rings. The van der Waals surface area contributed by atoms with Gasteiger partial charge in [-0.15, -0.1) is 0 Å². The van der Waals surface area contributed by atoms with E-state index in [4.69, 9.17) is 4.74 Å². The molecule has 0 radical (unpaired) electrons. The highest BCUT2D eigenvalue weighted by Gasteiger charge is 2.44. The zero-order valence-electron chi connectivity index (χ0n) is 13.8. The molecule has 1 amide bonds. The highest BCUT2D eigenvalue weighted by atomic mass is 16.5. The Bertz CT molecular complexity index is 509. The Morgan fingerprint density at radius 3 is 2.78 bits per heavy atom. The monoisotopic (exact) mass is 318 g/mol. The van der Waals surface area contributed by atoms with Crippen molar-refractivity contribution < 1.29 is 9.53 Å². The van der Waals surface area contributed by atoms with Crippen molar-refractivity contribution in [3.8, 4) is 0 Å². The summed E-state index contributed by atoms with van der Waals surface area (Å²) in [4.78, 5) is 21.7. The smallest absolute Gasteiger partial charge is 0.232 e. The van der Waals surface area contributed by atoms with Crippen LogP contribution in [0.15, 0.2) is 24.4 Å². The summed E-state index contributed by atoms with van der Waals surface area (Å²) < 4.78 is 5.34. The average Bonchev–Trinajstić information content (AvgIpc) is 3.06. The Balaban J connectivity index is 1.55. The molecule has 0 spiro atoms. The summed E-state index contributed by atoms with van der Waals surface area (Å²) in [6, 6.07) is 6.00. The number of hydrogen-bond donors (Lipinski definition) is 1. The summed E-state index contributed by atoms with van der Waals surface area (Å²) >= 11 is 0. The van der Waals surface area contributed by atoms with Gasteiger partial charge in [0.15, 0.2) is 0 Å². The number of aromatic nitrogens is 1. The summed E-state index contributed by atoms with van der Waals surface area (Å²) in [7, 11) is 1.68. The molecular weight excluding hydrogens is 292 g/mol. The quantitative estimate of drug-likeness (QED) is 0.849. The van der Waals surface area contributed by atoms with E-state index in [-0.39, 0.29) is 11.3 Å². The van der Waals surface area contributed by atoms with Gasteiger partial charge in [-0.25, -0.2) is 0 Å². The minimum absolute atomic E-state index is 0.252. The molecule has 0 bridgehead atoms. The lowest BCUT2D eigenvalue weighted by atomic mass is 9.86. The SMILES string of the molecule is COCC1(C(=O)N2CCN(Cc3ccccn3)CC2)CCNC1. The Morgan fingerprint density at radius 2 is 2.17 bits per heavy atom. The van der Waals surface area contributed by atoms with E-state index in [1.807, 2.05) is 23.2 Å². The molecule has 1 unspecified atom stereocenters. The molecule has 1 atom stereocenters. The van der Waals surface area contributed by atoms with Gasteiger partial charge >= 0.3 is 0 Å². The second-order valence-electron chi connectivity index (χ2n) is 6.53. The van der Waals surface area contributed by atoms with Crippen molar-refractivity contribution in [3.05, 3.63) is 30.1 Å². The van der Waals surface area contributed by atoms with Gasteiger partial charge in [0.25, 0.3) is 0 Å². The fraction of sp³-hybridized carbons (Fsp3) is 0.647.